The van der Waals surface area contributed by atoms with Crippen molar-refractivity contribution in [1.29, 1.82) is 0 Å². The third-order valence-electron chi connectivity index (χ3n) is 8.50. The fourth-order valence-electron chi connectivity index (χ4n) is 6.46. The fourth-order valence-corrected chi connectivity index (χ4v) is 6.46. The van der Waals surface area contributed by atoms with Crippen LogP contribution in [0.15, 0.2) is 36.4 Å². The van der Waals surface area contributed by atoms with Crippen molar-refractivity contribution in [1.82, 2.24) is 15.2 Å². The zero-order chi connectivity index (χ0) is 31.7. The van der Waals surface area contributed by atoms with Crippen LogP contribution in [-0.2, 0) is 27.0 Å². The normalized spacial score (nSPS) is 26.3. The quantitative estimate of drug-likeness (QED) is 0.427. The number of aliphatic carboxylic acids is 1. The van der Waals surface area contributed by atoms with E-state index in [9.17, 15) is 27.9 Å². The van der Waals surface area contributed by atoms with Crippen molar-refractivity contribution < 1.29 is 42.1 Å². The number of amides is 1. The molecule has 2 saturated heterocycles. The first-order valence-electron chi connectivity index (χ1n) is 14.2. The number of ether oxygens (including phenoxy) is 3. The predicted octanol–water partition coefficient (Wildman–Crippen LogP) is 5.09. The van der Waals surface area contributed by atoms with E-state index >= 15 is 0 Å². The van der Waals surface area contributed by atoms with E-state index in [1.54, 1.807) is 25.1 Å². The number of nitrogens with one attached hydrogen (secondary N) is 1. The number of hydrogen-bond acceptors (Lipinski definition) is 7. The molecule has 1 aromatic carbocycles. The Morgan fingerprint density at radius 3 is 2.44 bits per heavy atom. The number of carbonyl (C=O) groups is 2. The molecule has 5 atom stereocenters. The lowest BCUT2D eigenvalue weighted by Crippen LogP contribution is -2.53. The van der Waals surface area contributed by atoms with E-state index in [-0.39, 0.29) is 36.3 Å². The van der Waals surface area contributed by atoms with E-state index in [0.29, 0.717) is 25.1 Å². The second-order valence-electron chi connectivity index (χ2n) is 12.6. The van der Waals surface area contributed by atoms with E-state index in [1.165, 1.54) is 25.2 Å². The predicted molar refractivity (Wildman–Crippen MR) is 152 cm³/mol. The molecule has 0 aliphatic carbocycles. The Balaban J connectivity index is 1.88. The third kappa shape index (κ3) is 6.59. The molecule has 12 heteroatoms. The molecule has 4 rings (SSSR count). The highest BCUT2D eigenvalue weighted by Crippen LogP contribution is 2.50. The lowest BCUT2D eigenvalue weighted by molar-refractivity contribution is -0.161. The lowest BCUT2D eigenvalue weighted by Gasteiger charge is -2.40. The first kappa shape index (κ1) is 32.5. The fraction of sp³-hybridized carbons (Fsp3) is 0.581. The molecule has 0 saturated carbocycles. The average Bonchev–Trinajstić information content (AvgIpc) is 3.31. The maximum absolute atomic E-state index is 14.5. The van der Waals surface area contributed by atoms with Crippen LogP contribution in [0.3, 0.4) is 0 Å². The maximum Gasteiger partial charge on any atom is 0.416 e. The molecule has 2 aliphatic rings. The molecule has 236 valence electrons. The number of carboxylic acids is 1. The number of aromatic nitrogens is 1. The number of pyridine rings is 1. The molecule has 2 fully saturated rings. The Hall–Kier alpha value is -3.38. The molecule has 0 bridgehead atoms. The van der Waals surface area contributed by atoms with Crippen LogP contribution in [0, 0.1) is 16.7 Å². The Morgan fingerprint density at radius 2 is 1.88 bits per heavy atom. The molecular weight excluding hydrogens is 567 g/mol. The van der Waals surface area contributed by atoms with Gasteiger partial charge in [0.1, 0.15) is 11.8 Å². The summed E-state index contributed by atoms with van der Waals surface area (Å²) in [5.41, 5.74) is -1.81. The second kappa shape index (κ2) is 12.3. The van der Waals surface area contributed by atoms with Crippen molar-refractivity contribution in [2.24, 2.45) is 16.7 Å². The van der Waals surface area contributed by atoms with Crippen molar-refractivity contribution >= 4 is 11.9 Å². The highest BCUT2D eigenvalue weighted by molar-refractivity contribution is 5.89. The van der Waals surface area contributed by atoms with Gasteiger partial charge < -0.3 is 29.5 Å². The van der Waals surface area contributed by atoms with Crippen LogP contribution in [0.5, 0.6) is 11.6 Å². The molecule has 0 spiro atoms. The molecule has 1 aromatic heterocycles. The molecule has 3 heterocycles. The summed E-state index contributed by atoms with van der Waals surface area (Å²) in [6.45, 7) is 8.03. The molecule has 0 unspecified atom stereocenters. The summed E-state index contributed by atoms with van der Waals surface area (Å²) >= 11 is 0. The van der Waals surface area contributed by atoms with E-state index < -0.39 is 52.6 Å². The lowest BCUT2D eigenvalue weighted by atomic mass is 9.72. The second-order valence-corrected chi connectivity index (χ2v) is 12.6. The van der Waals surface area contributed by atoms with Crippen LogP contribution in [-0.4, -0.2) is 66.4 Å². The molecule has 0 radical (unpaired) electrons. The standard InChI is InChI=1S/C31H40F3N3O6/c1-29(2,3)23-24(35-16-18-15-19(31(32,33)34)11-12-21(18)41-5)25(20-9-7-10-22(36-20)42-6)37(26(23)27(38)39)28(40)30(4)13-8-14-43-17-30/h7,9-12,15,23-26,35H,8,13-14,16-17H2,1-6H3,(H,38,39)/t23-,24-,25-,26-,30+/m0/s1. The number of halogens is 3. The van der Waals surface area contributed by atoms with Crippen molar-refractivity contribution in [3.63, 3.8) is 0 Å². The van der Waals surface area contributed by atoms with E-state index in [0.717, 1.165) is 12.1 Å². The van der Waals surface area contributed by atoms with E-state index in [1.807, 2.05) is 20.8 Å². The van der Waals surface area contributed by atoms with Crippen molar-refractivity contribution in [2.45, 2.75) is 71.4 Å². The van der Waals surface area contributed by atoms with Crippen molar-refractivity contribution in [3.8, 4) is 11.6 Å². The summed E-state index contributed by atoms with van der Waals surface area (Å²) in [5.74, 6) is -1.69. The number of carboxylic acid groups (broad SMARTS) is 1. The summed E-state index contributed by atoms with van der Waals surface area (Å²) in [5, 5.41) is 14.0. The average molecular weight is 608 g/mol. The van der Waals surface area contributed by atoms with Crippen LogP contribution < -0.4 is 14.8 Å². The zero-order valence-corrected chi connectivity index (χ0v) is 25.3. The Bertz CT molecular complexity index is 1320. The minimum absolute atomic E-state index is 0.0838. The van der Waals surface area contributed by atoms with E-state index in [4.69, 9.17) is 14.2 Å². The van der Waals surface area contributed by atoms with Gasteiger partial charge in [-0.25, -0.2) is 9.78 Å². The van der Waals surface area contributed by atoms with Gasteiger partial charge in [-0.05, 0) is 49.4 Å². The van der Waals surface area contributed by atoms with Gasteiger partial charge >= 0.3 is 12.1 Å². The maximum atomic E-state index is 14.5. The van der Waals surface area contributed by atoms with Gasteiger partial charge in [-0.3, -0.25) is 4.79 Å². The van der Waals surface area contributed by atoms with Gasteiger partial charge in [-0.1, -0.05) is 26.8 Å². The number of alkyl halides is 3. The van der Waals surface area contributed by atoms with Crippen molar-refractivity contribution in [2.75, 3.05) is 27.4 Å². The van der Waals surface area contributed by atoms with Crippen LogP contribution >= 0.6 is 0 Å². The number of likely N-dealkylation sites (tertiary alicyclic amines) is 1. The van der Waals surface area contributed by atoms with Crippen LogP contribution in [0.1, 0.15) is 63.4 Å². The molecule has 2 aliphatic heterocycles. The van der Waals surface area contributed by atoms with Crippen LogP contribution in [0.2, 0.25) is 0 Å². The summed E-state index contributed by atoms with van der Waals surface area (Å²) in [6, 6.07) is 5.42. The first-order valence-corrected chi connectivity index (χ1v) is 14.2. The first-order chi connectivity index (χ1) is 20.1. The topological polar surface area (TPSA) is 110 Å². The molecule has 2 aromatic rings. The highest BCUT2D eigenvalue weighted by atomic mass is 19.4. The molecule has 1 amide bonds. The smallest absolute Gasteiger partial charge is 0.416 e. The van der Waals surface area contributed by atoms with Crippen LogP contribution in [0.25, 0.3) is 0 Å². The van der Waals surface area contributed by atoms with Gasteiger partial charge in [-0.2, -0.15) is 13.2 Å². The number of hydrogen-bond donors (Lipinski definition) is 2. The monoisotopic (exact) mass is 607 g/mol. The van der Waals surface area contributed by atoms with Gasteiger partial charge in [0, 0.05) is 36.7 Å². The molecular formula is C31H40F3N3O6. The number of carbonyl (C=O) groups excluding carboxylic acids is 1. The van der Waals surface area contributed by atoms with Gasteiger partial charge in [0.05, 0.1) is 43.5 Å². The summed E-state index contributed by atoms with van der Waals surface area (Å²) in [4.78, 5) is 33.6. The number of rotatable bonds is 8. The minimum Gasteiger partial charge on any atom is -0.496 e. The summed E-state index contributed by atoms with van der Waals surface area (Å²) in [7, 11) is 2.83. The number of nitrogens with zero attached hydrogens (tertiary/aromatic N) is 2. The van der Waals surface area contributed by atoms with Gasteiger partial charge in [-0.15, -0.1) is 0 Å². The Kier molecular flexibility index (Phi) is 9.32. The summed E-state index contributed by atoms with van der Waals surface area (Å²) in [6.07, 6.45) is -3.40. The number of methoxy groups -OCH3 is 2. The van der Waals surface area contributed by atoms with Crippen LogP contribution in [0.4, 0.5) is 13.2 Å². The third-order valence-corrected chi connectivity index (χ3v) is 8.50. The minimum atomic E-state index is -4.56. The highest BCUT2D eigenvalue weighted by Gasteiger charge is 2.60. The SMILES string of the molecule is COc1cccc([C@H]2[C@@H](NCc3cc(C(F)(F)F)ccc3OC)[C@H](C(C)(C)C)[C@@H](C(=O)O)N2C(=O)[C@]2(C)CCCOC2)n1. The van der Waals surface area contributed by atoms with Gasteiger partial charge in [0.25, 0.3) is 0 Å². The van der Waals surface area contributed by atoms with Gasteiger partial charge in [0.2, 0.25) is 11.8 Å². The van der Waals surface area contributed by atoms with E-state index in [2.05, 4.69) is 10.3 Å². The molecule has 9 nitrogen and oxygen atoms in total. The molecule has 43 heavy (non-hydrogen) atoms. The molecule has 2 N–H and O–H groups in total. The summed E-state index contributed by atoms with van der Waals surface area (Å²) < 4.78 is 57.2. The number of benzene rings is 1. The Morgan fingerprint density at radius 1 is 1.16 bits per heavy atom. The van der Waals surface area contributed by atoms with Gasteiger partial charge in [0.15, 0.2) is 0 Å². The van der Waals surface area contributed by atoms with Crippen molar-refractivity contribution in [3.05, 3.63) is 53.2 Å². The Labute approximate surface area is 249 Å². The zero-order valence-electron chi connectivity index (χ0n) is 25.3. The largest absolute Gasteiger partial charge is 0.496 e.